The van der Waals surface area contributed by atoms with Gasteiger partial charge in [-0.1, -0.05) is 80.6 Å². The van der Waals surface area contributed by atoms with E-state index in [4.69, 9.17) is 9.41 Å². The van der Waals surface area contributed by atoms with Crippen molar-refractivity contribution in [1.29, 1.82) is 0 Å². The summed E-state index contributed by atoms with van der Waals surface area (Å²) in [6.07, 6.45) is 0.449. The normalized spacial score (nSPS) is 14.5. The third-order valence-electron chi connectivity index (χ3n) is 6.66. The van der Waals surface area contributed by atoms with E-state index >= 15 is 0 Å². The third-order valence-corrected chi connectivity index (χ3v) is 6.66. The summed E-state index contributed by atoms with van der Waals surface area (Å²) < 4.78 is 6.51. The van der Waals surface area contributed by atoms with Gasteiger partial charge in [0.25, 0.3) is 0 Å². The number of phenols is 1. The molecule has 1 aliphatic rings. The monoisotopic (exact) mass is 478 g/mol. The Morgan fingerprint density at radius 2 is 1.78 bits per heavy atom. The number of benzene rings is 3. The summed E-state index contributed by atoms with van der Waals surface area (Å²) >= 11 is 0. The second-order valence-corrected chi connectivity index (χ2v) is 9.80. The fourth-order valence-electron chi connectivity index (χ4n) is 4.93. The van der Waals surface area contributed by atoms with Crippen LogP contribution in [0.2, 0.25) is 0 Å². The molecule has 0 radical (unpaired) electrons. The smallest absolute Gasteiger partial charge is 0.196 e. The van der Waals surface area contributed by atoms with Crippen molar-refractivity contribution in [3.8, 4) is 5.75 Å². The van der Waals surface area contributed by atoms with Crippen molar-refractivity contribution < 1.29 is 9.52 Å². The number of hydrogen-bond donors (Lipinski definition) is 1. The molecule has 1 unspecified atom stereocenters. The lowest BCUT2D eigenvalue weighted by atomic mass is 9.92. The Labute approximate surface area is 211 Å². The first-order chi connectivity index (χ1) is 17.3. The zero-order chi connectivity index (χ0) is 25.4. The first-order valence-corrected chi connectivity index (χ1v) is 12.2. The van der Waals surface area contributed by atoms with Gasteiger partial charge in [-0.25, -0.2) is 4.99 Å². The minimum Gasteiger partial charge on any atom is -0.508 e. The van der Waals surface area contributed by atoms with Crippen LogP contribution in [0.4, 0.5) is 0 Å². The maximum Gasteiger partial charge on any atom is 0.196 e. The highest BCUT2D eigenvalue weighted by atomic mass is 16.3. The molecule has 2 heterocycles. The fourth-order valence-corrected chi connectivity index (χ4v) is 4.93. The SMILES string of the molecule is C=C1CN(C(c2oc3cc(O)ccc3c(=O)c2Cc2ccccc2)C(C)C)C(c2ccc(C)cc2)=N1. The van der Waals surface area contributed by atoms with Crippen LogP contribution in [0.5, 0.6) is 5.75 Å². The number of aliphatic imine (C=N–C) groups is 1. The second-order valence-electron chi connectivity index (χ2n) is 9.80. The van der Waals surface area contributed by atoms with Gasteiger partial charge in [0.05, 0.1) is 23.7 Å². The van der Waals surface area contributed by atoms with Gasteiger partial charge in [0.2, 0.25) is 0 Å². The standard InChI is InChI=1S/C31H30N2O3/c1-19(2)28(33-18-21(4)32-31(33)23-12-10-20(3)11-13-23)30-26(16-22-8-6-5-7-9-22)29(35)25-15-14-24(34)17-27(25)36-30/h5-15,17,19,28,34H,4,16,18H2,1-3H3. The van der Waals surface area contributed by atoms with Crippen LogP contribution in [0.25, 0.3) is 11.0 Å². The lowest BCUT2D eigenvalue weighted by Crippen LogP contribution is -2.37. The van der Waals surface area contributed by atoms with Gasteiger partial charge < -0.3 is 14.4 Å². The Hall–Kier alpha value is -4.12. The predicted octanol–water partition coefficient (Wildman–Crippen LogP) is 6.37. The third kappa shape index (κ3) is 4.44. The molecule has 0 bridgehead atoms. The molecule has 4 aromatic rings. The van der Waals surface area contributed by atoms with Crippen molar-refractivity contribution in [2.24, 2.45) is 10.9 Å². The van der Waals surface area contributed by atoms with Gasteiger partial charge in [-0.3, -0.25) is 4.79 Å². The molecule has 5 nitrogen and oxygen atoms in total. The molecule has 1 aliphatic heterocycles. The summed E-state index contributed by atoms with van der Waals surface area (Å²) in [4.78, 5) is 20.8. The zero-order valence-electron chi connectivity index (χ0n) is 20.9. The lowest BCUT2D eigenvalue weighted by Gasteiger charge is -2.34. The van der Waals surface area contributed by atoms with Crippen LogP contribution in [0, 0.1) is 12.8 Å². The number of amidine groups is 1. The van der Waals surface area contributed by atoms with Crippen molar-refractivity contribution in [3.63, 3.8) is 0 Å². The minimum absolute atomic E-state index is 0.0602. The van der Waals surface area contributed by atoms with E-state index in [-0.39, 0.29) is 23.1 Å². The molecule has 0 saturated heterocycles. The number of nitrogens with zero attached hydrogens (tertiary/aromatic N) is 2. The quantitative estimate of drug-likeness (QED) is 0.350. The van der Waals surface area contributed by atoms with E-state index in [1.54, 1.807) is 6.07 Å². The molecular formula is C31H30N2O3. The molecule has 0 fully saturated rings. The second kappa shape index (κ2) is 9.50. The van der Waals surface area contributed by atoms with E-state index in [9.17, 15) is 9.90 Å². The Morgan fingerprint density at radius 1 is 1.06 bits per heavy atom. The maximum absolute atomic E-state index is 13.9. The number of fused-ring (bicyclic) bond motifs is 1. The Morgan fingerprint density at radius 3 is 2.47 bits per heavy atom. The summed E-state index contributed by atoms with van der Waals surface area (Å²) in [5, 5.41) is 10.6. The van der Waals surface area contributed by atoms with Crippen LogP contribution in [0.1, 0.15) is 47.9 Å². The topological polar surface area (TPSA) is 66.0 Å². The van der Waals surface area contributed by atoms with E-state index in [2.05, 4.69) is 56.5 Å². The average Bonchev–Trinajstić information content (AvgIpc) is 3.23. The first-order valence-electron chi connectivity index (χ1n) is 12.2. The van der Waals surface area contributed by atoms with E-state index in [0.717, 1.165) is 22.7 Å². The van der Waals surface area contributed by atoms with Gasteiger partial charge in [-0.05, 0) is 30.5 Å². The van der Waals surface area contributed by atoms with E-state index < -0.39 is 0 Å². The Bertz CT molecular complexity index is 1520. The highest BCUT2D eigenvalue weighted by molar-refractivity contribution is 6.01. The van der Waals surface area contributed by atoms with Crippen molar-refractivity contribution in [1.82, 2.24) is 4.90 Å². The molecule has 5 heteroatoms. The van der Waals surface area contributed by atoms with Crippen LogP contribution in [-0.4, -0.2) is 22.4 Å². The summed E-state index contributed by atoms with van der Waals surface area (Å²) in [6, 6.07) is 22.6. The number of hydrogen-bond acceptors (Lipinski definition) is 5. The maximum atomic E-state index is 13.9. The van der Waals surface area contributed by atoms with Crippen LogP contribution in [-0.2, 0) is 6.42 Å². The van der Waals surface area contributed by atoms with Gasteiger partial charge in [0, 0.05) is 23.6 Å². The van der Waals surface area contributed by atoms with E-state index in [1.807, 2.05) is 30.3 Å². The molecule has 3 aromatic carbocycles. The summed E-state index contributed by atoms with van der Waals surface area (Å²) in [6.45, 7) is 11.0. The number of phenolic OH excluding ortho intramolecular Hbond substituents is 1. The molecule has 182 valence electrons. The molecular weight excluding hydrogens is 448 g/mol. The number of aryl methyl sites for hydroxylation is 1. The van der Waals surface area contributed by atoms with E-state index in [1.165, 1.54) is 17.7 Å². The molecule has 1 N–H and O–H groups in total. The van der Waals surface area contributed by atoms with Crippen LogP contribution >= 0.6 is 0 Å². The predicted molar refractivity (Wildman–Crippen MR) is 145 cm³/mol. The molecule has 36 heavy (non-hydrogen) atoms. The van der Waals surface area contributed by atoms with Gasteiger partial charge in [-0.2, -0.15) is 0 Å². The zero-order valence-corrected chi connectivity index (χ0v) is 20.9. The first kappa shape index (κ1) is 23.6. The molecule has 0 amide bonds. The van der Waals surface area contributed by atoms with Crippen LogP contribution < -0.4 is 5.43 Å². The van der Waals surface area contributed by atoms with Gasteiger partial charge >= 0.3 is 0 Å². The minimum atomic E-state index is -0.262. The number of aromatic hydroxyl groups is 1. The lowest BCUT2D eigenvalue weighted by molar-refractivity contribution is 0.236. The van der Waals surface area contributed by atoms with Crippen molar-refractivity contribution >= 4 is 16.8 Å². The molecule has 0 saturated carbocycles. The summed E-state index contributed by atoms with van der Waals surface area (Å²) in [7, 11) is 0. The van der Waals surface area contributed by atoms with Gasteiger partial charge in [0.15, 0.2) is 5.43 Å². The van der Waals surface area contributed by atoms with E-state index in [0.29, 0.717) is 35.3 Å². The highest BCUT2D eigenvalue weighted by Gasteiger charge is 2.35. The van der Waals surface area contributed by atoms with Crippen LogP contribution in [0.15, 0.2) is 99.3 Å². The molecule has 5 rings (SSSR count). The number of rotatable bonds is 6. The van der Waals surface area contributed by atoms with Crippen LogP contribution in [0.3, 0.4) is 0 Å². The van der Waals surface area contributed by atoms with Crippen molar-refractivity contribution in [2.75, 3.05) is 6.54 Å². The summed E-state index contributed by atoms with van der Waals surface area (Å²) in [5.74, 6) is 1.58. The Balaban J connectivity index is 1.71. The highest BCUT2D eigenvalue weighted by Crippen LogP contribution is 2.37. The molecule has 1 aromatic heterocycles. The Kier molecular flexibility index (Phi) is 6.23. The van der Waals surface area contributed by atoms with Crippen molar-refractivity contribution in [3.05, 3.63) is 123 Å². The summed E-state index contributed by atoms with van der Waals surface area (Å²) in [5.41, 5.74) is 4.89. The average molecular weight is 479 g/mol. The largest absolute Gasteiger partial charge is 0.508 e. The van der Waals surface area contributed by atoms with Gasteiger partial charge in [-0.15, -0.1) is 0 Å². The van der Waals surface area contributed by atoms with Gasteiger partial charge in [0.1, 0.15) is 22.9 Å². The fraction of sp³-hybridized carbons (Fsp3) is 0.226. The molecule has 1 atom stereocenters. The van der Waals surface area contributed by atoms with Crippen molar-refractivity contribution in [2.45, 2.75) is 33.2 Å². The molecule has 0 aliphatic carbocycles. The molecule has 0 spiro atoms.